The van der Waals surface area contributed by atoms with E-state index in [1.807, 2.05) is 6.07 Å². The molecule has 136 valence electrons. The Labute approximate surface area is 153 Å². The lowest BCUT2D eigenvalue weighted by atomic mass is 10.2. The topological polar surface area (TPSA) is 62.8 Å². The average Bonchev–Trinajstić information content (AvgIpc) is 3.34. The molecule has 26 heavy (non-hydrogen) atoms. The fourth-order valence-electron chi connectivity index (χ4n) is 3.28. The van der Waals surface area contributed by atoms with E-state index in [1.165, 1.54) is 18.5 Å². The number of anilines is 3. The van der Waals surface area contributed by atoms with Crippen LogP contribution in [0.2, 0.25) is 0 Å². The van der Waals surface area contributed by atoms with Gasteiger partial charge in [-0.3, -0.25) is 4.79 Å². The molecule has 2 N–H and O–H groups in total. The van der Waals surface area contributed by atoms with Crippen LogP contribution in [0, 0.1) is 0 Å². The number of carbonyl (C=O) groups excluding carboxylic acids is 1. The Balaban J connectivity index is 1.23. The average molecular weight is 353 g/mol. The molecule has 2 aromatic carbocycles. The van der Waals surface area contributed by atoms with E-state index in [0.29, 0.717) is 30.2 Å². The van der Waals surface area contributed by atoms with E-state index in [9.17, 15) is 4.79 Å². The van der Waals surface area contributed by atoms with Crippen molar-refractivity contribution < 1.29 is 14.3 Å². The van der Waals surface area contributed by atoms with E-state index < -0.39 is 0 Å². The van der Waals surface area contributed by atoms with Crippen molar-refractivity contribution in [2.45, 2.75) is 19.3 Å². The molecule has 0 bridgehead atoms. The molecule has 6 heteroatoms. The summed E-state index contributed by atoms with van der Waals surface area (Å²) in [6.07, 6.45) is 2.94. The molecular formula is C20H23N3O3. The van der Waals surface area contributed by atoms with Gasteiger partial charge in [0.25, 0.3) is 0 Å². The number of hydrogen-bond donors (Lipinski definition) is 2. The first-order valence-corrected chi connectivity index (χ1v) is 9.06. The van der Waals surface area contributed by atoms with Crippen LogP contribution < -0.4 is 25.0 Å². The van der Waals surface area contributed by atoms with E-state index in [0.717, 1.165) is 18.8 Å². The monoisotopic (exact) mass is 353 g/mol. The van der Waals surface area contributed by atoms with Crippen LogP contribution in [0.4, 0.5) is 17.1 Å². The van der Waals surface area contributed by atoms with Crippen LogP contribution in [0.5, 0.6) is 11.5 Å². The fraction of sp³-hybridized carbons (Fsp3) is 0.350. The highest BCUT2D eigenvalue weighted by Crippen LogP contribution is 2.34. The molecule has 2 aromatic rings. The third kappa shape index (κ3) is 3.85. The summed E-state index contributed by atoms with van der Waals surface area (Å²) in [5.74, 6) is 1.34. The van der Waals surface area contributed by atoms with E-state index in [2.05, 4.69) is 39.8 Å². The molecule has 6 nitrogen and oxygen atoms in total. The zero-order valence-corrected chi connectivity index (χ0v) is 14.7. The first kappa shape index (κ1) is 16.6. The standard InChI is InChI=1S/C20H23N3O3/c24-20(22-16-5-8-18-19(13-16)26-14-25-18)9-10-21-15-3-6-17(7-4-15)23-11-1-2-12-23/h3-8,13,21H,1-2,9-12,14H2,(H,22,24). The highest BCUT2D eigenvalue weighted by Gasteiger charge is 2.14. The second-order valence-electron chi connectivity index (χ2n) is 6.53. The molecular weight excluding hydrogens is 330 g/mol. The lowest BCUT2D eigenvalue weighted by Gasteiger charge is -2.18. The molecule has 0 saturated carbocycles. The van der Waals surface area contributed by atoms with Gasteiger partial charge in [0.15, 0.2) is 11.5 Å². The minimum absolute atomic E-state index is 0.0370. The van der Waals surface area contributed by atoms with E-state index in [1.54, 1.807) is 12.1 Å². The molecule has 2 aliphatic heterocycles. The van der Waals surface area contributed by atoms with Crippen molar-refractivity contribution in [3.63, 3.8) is 0 Å². The quantitative estimate of drug-likeness (QED) is 0.833. The minimum atomic E-state index is -0.0370. The van der Waals surface area contributed by atoms with Crippen LogP contribution in [-0.2, 0) is 4.79 Å². The Kier molecular flexibility index (Phi) is 4.82. The van der Waals surface area contributed by atoms with Crippen LogP contribution in [0.25, 0.3) is 0 Å². The lowest BCUT2D eigenvalue weighted by molar-refractivity contribution is -0.115. The molecule has 2 aliphatic rings. The maximum absolute atomic E-state index is 12.1. The number of nitrogens with one attached hydrogen (secondary N) is 2. The highest BCUT2D eigenvalue weighted by molar-refractivity contribution is 5.91. The van der Waals surface area contributed by atoms with Gasteiger partial charge in [-0.2, -0.15) is 0 Å². The Morgan fingerprint density at radius 2 is 1.69 bits per heavy atom. The predicted molar refractivity (Wildman–Crippen MR) is 102 cm³/mol. The number of ether oxygens (including phenoxy) is 2. The number of nitrogens with zero attached hydrogens (tertiary/aromatic N) is 1. The second-order valence-corrected chi connectivity index (χ2v) is 6.53. The van der Waals surface area contributed by atoms with Gasteiger partial charge in [0.05, 0.1) is 0 Å². The Bertz CT molecular complexity index is 770. The summed E-state index contributed by atoms with van der Waals surface area (Å²) < 4.78 is 10.6. The largest absolute Gasteiger partial charge is 0.454 e. The SMILES string of the molecule is O=C(CCNc1ccc(N2CCCC2)cc1)Nc1ccc2c(c1)OCO2. The Hall–Kier alpha value is -2.89. The molecule has 0 radical (unpaired) electrons. The Morgan fingerprint density at radius 1 is 0.962 bits per heavy atom. The van der Waals surface area contributed by atoms with Crippen molar-refractivity contribution in [2.75, 3.05) is 42.0 Å². The molecule has 0 unspecified atom stereocenters. The number of rotatable bonds is 6. The number of hydrogen-bond acceptors (Lipinski definition) is 5. The zero-order chi connectivity index (χ0) is 17.8. The van der Waals surface area contributed by atoms with Gasteiger partial charge < -0.3 is 25.0 Å². The van der Waals surface area contributed by atoms with Gasteiger partial charge in [-0.25, -0.2) is 0 Å². The smallest absolute Gasteiger partial charge is 0.231 e. The number of benzene rings is 2. The van der Waals surface area contributed by atoms with E-state index >= 15 is 0 Å². The number of fused-ring (bicyclic) bond motifs is 1. The number of carbonyl (C=O) groups is 1. The number of amides is 1. The van der Waals surface area contributed by atoms with Crippen LogP contribution in [0.1, 0.15) is 19.3 Å². The lowest BCUT2D eigenvalue weighted by Crippen LogP contribution is -2.17. The summed E-state index contributed by atoms with van der Waals surface area (Å²) in [4.78, 5) is 14.5. The van der Waals surface area contributed by atoms with E-state index in [4.69, 9.17) is 9.47 Å². The summed E-state index contributed by atoms with van der Waals surface area (Å²) in [5.41, 5.74) is 3.02. The molecule has 0 atom stereocenters. The Morgan fingerprint density at radius 3 is 2.50 bits per heavy atom. The predicted octanol–water partition coefficient (Wildman–Crippen LogP) is 3.46. The van der Waals surface area contributed by atoms with Gasteiger partial charge >= 0.3 is 0 Å². The molecule has 1 fully saturated rings. The first-order valence-electron chi connectivity index (χ1n) is 9.06. The molecule has 0 aliphatic carbocycles. The van der Waals surface area contributed by atoms with E-state index in [-0.39, 0.29) is 12.7 Å². The summed E-state index contributed by atoms with van der Waals surface area (Å²) in [5, 5.41) is 6.18. The summed E-state index contributed by atoms with van der Waals surface area (Å²) >= 11 is 0. The van der Waals surface area contributed by atoms with Crippen molar-refractivity contribution >= 4 is 23.0 Å². The molecule has 2 heterocycles. The van der Waals surface area contributed by atoms with Crippen LogP contribution in [-0.4, -0.2) is 32.3 Å². The zero-order valence-electron chi connectivity index (χ0n) is 14.7. The third-order valence-electron chi connectivity index (χ3n) is 4.68. The maximum Gasteiger partial charge on any atom is 0.231 e. The van der Waals surface area contributed by atoms with Gasteiger partial charge in [0, 0.05) is 49.2 Å². The maximum atomic E-state index is 12.1. The second kappa shape index (κ2) is 7.56. The van der Waals surface area contributed by atoms with Gasteiger partial charge in [-0.15, -0.1) is 0 Å². The highest BCUT2D eigenvalue weighted by atomic mass is 16.7. The molecule has 1 amide bonds. The molecule has 1 saturated heterocycles. The first-order chi connectivity index (χ1) is 12.8. The minimum Gasteiger partial charge on any atom is -0.454 e. The fourth-order valence-corrected chi connectivity index (χ4v) is 3.28. The molecule has 0 spiro atoms. The van der Waals surface area contributed by atoms with Gasteiger partial charge in [0.1, 0.15) is 0 Å². The van der Waals surface area contributed by atoms with Crippen LogP contribution >= 0.6 is 0 Å². The molecule has 0 aromatic heterocycles. The summed E-state index contributed by atoms with van der Waals surface area (Å²) in [6, 6.07) is 13.8. The summed E-state index contributed by atoms with van der Waals surface area (Å²) in [6.45, 7) is 3.10. The van der Waals surface area contributed by atoms with Crippen molar-refractivity contribution in [3.05, 3.63) is 42.5 Å². The van der Waals surface area contributed by atoms with Gasteiger partial charge in [0.2, 0.25) is 12.7 Å². The normalized spacial score (nSPS) is 15.2. The van der Waals surface area contributed by atoms with Crippen molar-refractivity contribution in [1.29, 1.82) is 0 Å². The van der Waals surface area contributed by atoms with Gasteiger partial charge in [-0.05, 0) is 49.2 Å². The van der Waals surface area contributed by atoms with Crippen molar-refractivity contribution in [3.8, 4) is 11.5 Å². The van der Waals surface area contributed by atoms with Crippen molar-refractivity contribution in [1.82, 2.24) is 0 Å². The van der Waals surface area contributed by atoms with Crippen molar-refractivity contribution in [2.24, 2.45) is 0 Å². The van der Waals surface area contributed by atoms with Crippen LogP contribution in [0.3, 0.4) is 0 Å². The molecule has 4 rings (SSSR count). The van der Waals surface area contributed by atoms with Gasteiger partial charge in [-0.1, -0.05) is 0 Å². The third-order valence-corrected chi connectivity index (χ3v) is 4.68. The van der Waals surface area contributed by atoms with Crippen LogP contribution in [0.15, 0.2) is 42.5 Å². The summed E-state index contributed by atoms with van der Waals surface area (Å²) in [7, 11) is 0.